The van der Waals surface area contributed by atoms with E-state index in [2.05, 4.69) is 27.8 Å². The van der Waals surface area contributed by atoms with Gasteiger partial charge in [-0.15, -0.1) is 0 Å². The molecule has 0 spiro atoms. The van der Waals surface area contributed by atoms with Gasteiger partial charge in [0.15, 0.2) is 0 Å². The fourth-order valence-electron chi connectivity index (χ4n) is 0.888. The van der Waals surface area contributed by atoms with Crippen LogP contribution in [0.15, 0.2) is 24.3 Å². The molecule has 0 aliphatic rings. The molecule has 0 amide bonds. The minimum Gasteiger partial charge on any atom is -0.205 e. The van der Waals surface area contributed by atoms with E-state index in [1.54, 1.807) is 12.1 Å². The lowest BCUT2D eigenvalue weighted by Gasteiger charge is -1.98. The van der Waals surface area contributed by atoms with Gasteiger partial charge in [-0.1, -0.05) is 39.9 Å². The number of rotatable bonds is 1. The summed E-state index contributed by atoms with van der Waals surface area (Å²) in [5.41, 5.74) is 0.638. The Balaban J connectivity index is 2.92. The van der Waals surface area contributed by atoms with Crippen molar-refractivity contribution in [3.05, 3.63) is 35.4 Å². The molecule has 0 aliphatic heterocycles. The maximum Gasteiger partial charge on any atom is 0.263 e. The van der Waals surface area contributed by atoms with Crippen molar-refractivity contribution >= 4 is 15.9 Å². The van der Waals surface area contributed by atoms with Crippen molar-refractivity contribution in [2.75, 3.05) is 5.33 Å². The van der Waals surface area contributed by atoms with E-state index in [0.29, 0.717) is 10.9 Å². The van der Waals surface area contributed by atoms with Crippen LogP contribution in [0, 0.1) is 11.8 Å². The number of hydrogen-bond acceptors (Lipinski definition) is 0. The van der Waals surface area contributed by atoms with Crippen LogP contribution in [-0.4, -0.2) is 5.33 Å². The van der Waals surface area contributed by atoms with E-state index >= 15 is 0 Å². The van der Waals surface area contributed by atoms with Crippen molar-refractivity contribution in [3.63, 3.8) is 0 Å². The van der Waals surface area contributed by atoms with Gasteiger partial charge in [0.2, 0.25) is 0 Å². The largest absolute Gasteiger partial charge is 0.263 e. The standard InChI is InChI=1S/C10H7BrF2/c11-6-2-4-8-3-1-5-9(7-8)10(12)13/h1,3,5,7,10H,6H2. The molecule has 0 unspecified atom stereocenters. The Morgan fingerprint density at radius 2 is 2.15 bits per heavy atom. The van der Waals surface area contributed by atoms with Gasteiger partial charge in [0.25, 0.3) is 6.43 Å². The molecule has 68 valence electrons. The topological polar surface area (TPSA) is 0 Å². The van der Waals surface area contributed by atoms with Gasteiger partial charge in [0.1, 0.15) is 0 Å². The quantitative estimate of drug-likeness (QED) is 0.525. The third-order valence-electron chi connectivity index (χ3n) is 1.44. The van der Waals surface area contributed by atoms with E-state index < -0.39 is 6.43 Å². The predicted molar refractivity (Wildman–Crippen MR) is 52.1 cm³/mol. The molecule has 13 heavy (non-hydrogen) atoms. The Morgan fingerprint density at radius 1 is 1.38 bits per heavy atom. The normalized spacial score (nSPS) is 9.54. The number of benzene rings is 1. The van der Waals surface area contributed by atoms with E-state index in [4.69, 9.17) is 0 Å². The molecule has 0 radical (unpaired) electrons. The lowest BCUT2D eigenvalue weighted by molar-refractivity contribution is 0.151. The molecule has 0 bridgehead atoms. The van der Waals surface area contributed by atoms with Gasteiger partial charge >= 0.3 is 0 Å². The molecular weight excluding hydrogens is 238 g/mol. The zero-order valence-corrected chi connectivity index (χ0v) is 8.31. The first-order chi connectivity index (χ1) is 6.24. The monoisotopic (exact) mass is 244 g/mol. The molecule has 0 aliphatic carbocycles. The highest BCUT2D eigenvalue weighted by Crippen LogP contribution is 2.18. The molecule has 1 rings (SSSR count). The molecule has 0 N–H and O–H groups in total. The smallest absolute Gasteiger partial charge is 0.205 e. The van der Waals surface area contributed by atoms with Crippen LogP contribution in [0.4, 0.5) is 8.78 Å². The van der Waals surface area contributed by atoms with Crippen LogP contribution >= 0.6 is 15.9 Å². The van der Waals surface area contributed by atoms with Gasteiger partial charge in [0.05, 0.1) is 5.33 Å². The second-order valence-corrected chi connectivity index (χ2v) is 2.92. The molecule has 0 fully saturated rings. The molecule has 0 heterocycles. The first kappa shape index (κ1) is 10.2. The van der Waals surface area contributed by atoms with Crippen LogP contribution in [0.25, 0.3) is 0 Å². The highest BCUT2D eigenvalue weighted by Gasteiger charge is 2.05. The van der Waals surface area contributed by atoms with Gasteiger partial charge in [-0.05, 0) is 12.1 Å². The van der Waals surface area contributed by atoms with Gasteiger partial charge < -0.3 is 0 Å². The number of halogens is 3. The van der Waals surface area contributed by atoms with E-state index in [9.17, 15) is 8.78 Å². The van der Waals surface area contributed by atoms with Crippen molar-refractivity contribution in [2.24, 2.45) is 0 Å². The lowest BCUT2D eigenvalue weighted by atomic mass is 10.1. The minimum absolute atomic E-state index is 0.0152. The van der Waals surface area contributed by atoms with Gasteiger partial charge in [-0.3, -0.25) is 0 Å². The Morgan fingerprint density at radius 3 is 2.77 bits per heavy atom. The zero-order chi connectivity index (χ0) is 9.68. The minimum atomic E-state index is -2.43. The average molecular weight is 245 g/mol. The zero-order valence-electron chi connectivity index (χ0n) is 6.73. The Hall–Kier alpha value is -0.880. The summed E-state index contributed by atoms with van der Waals surface area (Å²) in [6, 6.07) is 6.09. The second kappa shape index (κ2) is 4.98. The molecular formula is C10H7BrF2. The summed E-state index contributed by atoms with van der Waals surface area (Å²) >= 11 is 3.13. The summed E-state index contributed by atoms with van der Waals surface area (Å²) in [6.07, 6.45) is -2.43. The molecule has 0 nitrogen and oxygen atoms in total. The Labute approximate surface area is 84.1 Å². The van der Waals surface area contributed by atoms with Crippen molar-refractivity contribution in [2.45, 2.75) is 6.43 Å². The average Bonchev–Trinajstić information content (AvgIpc) is 2.15. The summed E-state index contributed by atoms with van der Waals surface area (Å²) in [5, 5.41) is 0.548. The molecule has 0 saturated heterocycles. The van der Waals surface area contributed by atoms with Crippen LogP contribution in [-0.2, 0) is 0 Å². The third-order valence-corrected chi connectivity index (χ3v) is 1.72. The summed E-state index contributed by atoms with van der Waals surface area (Å²) in [5.74, 6) is 5.51. The number of alkyl halides is 3. The van der Waals surface area contributed by atoms with Gasteiger partial charge in [-0.25, -0.2) is 8.78 Å². The molecule has 0 saturated carbocycles. The van der Waals surface area contributed by atoms with E-state index in [0.717, 1.165) is 0 Å². The van der Waals surface area contributed by atoms with Crippen molar-refractivity contribution < 1.29 is 8.78 Å². The second-order valence-electron chi connectivity index (χ2n) is 2.36. The SMILES string of the molecule is FC(F)c1cccc(C#CCBr)c1. The van der Waals surface area contributed by atoms with Crippen LogP contribution in [0.3, 0.4) is 0 Å². The van der Waals surface area contributed by atoms with E-state index in [-0.39, 0.29) is 5.56 Å². The summed E-state index contributed by atoms with van der Waals surface area (Å²) in [4.78, 5) is 0. The predicted octanol–water partition coefficient (Wildman–Crippen LogP) is 3.37. The van der Waals surface area contributed by atoms with Crippen molar-refractivity contribution in [1.82, 2.24) is 0 Å². The van der Waals surface area contributed by atoms with Gasteiger partial charge in [-0.2, -0.15) is 0 Å². The highest BCUT2D eigenvalue weighted by molar-refractivity contribution is 9.09. The van der Waals surface area contributed by atoms with Crippen molar-refractivity contribution in [1.29, 1.82) is 0 Å². The Kier molecular flexibility index (Phi) is 3.91. The highest BCUT2D eigenvalue weighted by atomic mass is 79.9. The van der Waals surface area contributed by atoms with Gasteiger partial charge in [0, 0.05) is 11.1 Å². The van der Waals surface area contributed by atoms with Crippen molar-refractivity contribution in [3.8, 4) is 11.8 Å². The third kappa shape index (κ3) is 3.16. The molecule has 3 heteroatoms. The summed E-state index contributed by atoms with van der Waals surface area (Å²) in [7, 11) is 0. The fraction of sp³-hybridized carbons (Fsp3) is 0.200. The molecule has 0 aromatic heterocycles. The summed E-state index contributed by atoms with van der Waals surface area (Å²) < 4.78 is 24.4. The van der Waals surface area contributed by atoms with Crippen LogP contribution in [0.5, 0.6) is 0 Å². The van der Waals surface area contributed by atoms with E-state index in [1.807, 2.05) is 0 Å². The molecule has 1 aromatic rings. The maximum absolute atomic E-state index is 12.2. The molecule has 1 aromatic carbocycles. The van der Waals surface area contributed by atoms with Crippen LogP contribution in [0.2, 0.25) is 0 Å². The van der Waals surface area contributed by atoms with Crippen LogP contribution < -0.4 is 0 Å². The summed E-state index contributed by atoms with van der Waals surface area (Å²) in [6.45, 7) is 0. The van der Waals surface area contributed by atoms with Crippen LogP contribution in [0.1, 0.15) is 17.6 Å². The maximum atomic E-state index is 12.2. The number of hydrogen-bond donors (Lipinski definition) is 0. The fourth-order valence-corrected chi connectivity index (χ4v) is 1.03. The lowest BCUT2D eigenvalue weighted by Crippen LogP contribution is -1.84. The van der Waals surface area contributed by atoms with E-state index in [1.165, 1.54) is 12.1 Å². The first-order valence-electron chi connectivity index (χ1n) is 3.67. The Bertz CT molecular complexity index is 336. The first-order valence-corrected chi connectivity index (χ1v) is 4.79. The molecule has 0 atom stereocenters.